The van der Waals surface area contributed by atoms with Gasteiger partial charge in [0.15, 0.2) is 5.65 Å². The first-order valence-corrected chi connectivity index (χ1v) is 8.72. The molecule has 0 aliphatic heterocycles. The zero-order chi connectivity index (χ0) is 17.5. The summed E-state index contributed by atoms with van der Waals surface area (Å²) in [7, 11) is 0. The Morgan fingerprint density at radius 1 is 1.38 bits per heavy atom. The molecule has 1 N–H and O–H groups in total. The van der Waals surface area contributed by atoms with Crippen LogP contribution in [0.5, 0.6) is 0 Å². The SMILES string of the molecule is Cc1nn2cccnc2c1C(=O)N[C@H](C)c1nc(C(C)(C)C)cs1. The first-order chi connectivity index (χ1) is 11.3. The van der Waals surface area contributed by atoms with Crippen molar-refractivity contribution in [1.29, 1.82) is 0 Å². The second-order valence-electron chi connectivity index (χ2n) is 6.86. The number of hydrogen-bond acceptors (Lipinski definition) is 5. The summed E-state index contributed by atoms with van der Waals surface area (Å²) >= 11 is 1.57. The Kier molecular flexibility index (Phi) is 4.13. The Balaban J connectivity index is 1.83. The molecule has 0 saturated heterocycles. The van der Waals surface area contributed by atoms with Crippen LogP contribution >= 0.6 is 11.3 Å². The van der Waals surface area contributed by atoms with Gasteiger partial charge in [-0.2, -0.15) is 5.10 Å². The van der Waals surface area contributed by atoms with Crippen molar-refractivity contribution in [2.45, 2.75) is 46.1 Å². The van der Waals surface area contributed by atoms with Gasteiger partial charge < -0.3 is 5.32 Å². The number of nitrogens with one attached hydrogen (secondary N) is 1. The van der Waals surface area contributed by atoms with Crippen LogP contribution in [0.15, 0.2) is 23.8 Å². The van der Waals surface area contributed by atoms with Crippen molar-refractivity contribution in [3.63, 3.8) is 0 Å². The number of rotatable bonds is 3. The molecule has 0 spiro atoms. The van der Waals surface area contributed by atoms with Crippen LogP contribution in [-0.2, 0) is 5.41 Å². The minimum absolute atomic E-state index is 0.00142. The lowest BCUT2D eigenvalue weighted by atomic mass is 9.93. The van der Waals surface area contributed by atoms with E-state index in [4.69, 9.17) is 0 Å². The first-order valence-electron chi connectivity index (χ1n) is 7.84. The summed E-state index contributed by atoms with van der Waals surface area (Å²) in [5.74, 6) is -0.179. The minimum atomic E-state index is -0.179. The van der Waals surface area contributed by atoms with Gasteiger partial charge in [-0.05, 0) is 19.9 Å². The number of amides is 1. The number of carbonyl (C=O) groups is 1. The third-order valence-electron chi connectivity index (χ3n) is 3.81. The van der Waals surface area contributed by atoms with Gasteiger partial charge in [-0.3, -0.25) is 4.79 Å². The lowest BCUT2D eigenvalue weighted by Gasteiger charge is -2.15. The molecule has 3 heterocycles. The predicted octanol–water partition coefficient (Wildman–Crippen LogP) is 3.28. The number of aryl methyl sites for hydroxylation is 1. The van der Waals surface area contributed by atoms with E-state index in [1.807, 2.05) is 13.8 Å². The predicted molar refractivity (Wildman–Crippen MR) is 94.4 cm³/mol. The zero-order valence-electron chi connectivity index (χ0n) is 14.5. The number of hydrogen-bond donors (Lipinski definition) is 1. The molecule has 1 atom stereocenters. The first kappa shape index (κ1) is 16.6. The van der Waals surface area contributed by atoms with Gasteiger partial charge in [0, 0.05) is 23.2 Å². The highest BCUT2D eigenvalue weighted by molar-refractivity contribution is 7.09. The van der Waals surface area contributed by atoms with Crippen LogP contribution in [-0.4, -0.2) is 25.5 Å². The van der Waals surface area contributed by atoms with Crippen molar-refractivity contribution >= 4 is 22.9 Å². The molecule has 0 aliphatic rings. The van der Waals surface area contributed by atoms with Crippen molar-refractivity contribution in [2.24, 2.45) is 0 Å². The number of aromatic nitrogens is 4. The van der Waals surface area contributed by atoms with E-state index < -0.39 is 0 Å². The van der Waals surface area contributed by atoms with Gasteiger partial charge in [0.05, 0.1) is 17.4 Å². The van der Waals surface area contributed by atoms with E-state index >= 15 is 0 Å². The number of carbonyl (C=O) groups excluding carboxylic acids is 1. The van der Waals surface area contributed by atoms with Crippen LogP contribution < -0.4 is 5.32 Å². The van der Waals surface area contributed by atoms with E-state index in [-0.39, 0.29) is 17.4 Å². The molecule has 1 amide bonds. The number of nitrogens with zero attached hydrogens (tertiary/aromatic N) is 4. The van der Waals surface area contributed by atoms with E-state index in [9.17, 15) is 4.79 Å². The molecule has 0 radical (unpaired) electrons. The number of fused-ring (bicyclic) bond motifs is 1. The maximum atomic E-state index is 12.7. The molecule has 0 unspecified atom stereocenters. The quantitative estimate of drug-likeness (QED) is 0.792. The molecule has 126 valence electrons. The Morgan fingerprint density at radius 3 is 2.79 bits per heavy atom. The highest BCUT2D eigenvalue weighted by Gasteiger charge is 2.23. The highest BCUT2D eigenvalue weighted by Crippen LogP contribution is 2.27. The second-order valence-corrected chi connectivity index (χ2v) is 7.75. The second kappa shape index (κ2) is 5.98. The zero-order valence-corrected chi connectivity index (χ0v) is 15.3. The summed E-state index contributed by atoms with van der Waals surface area (Å²) in [5.41, 5.74) is 2.77. The van der Waals surface area contributed by atoms with Gasteiger partial charge in [0.1, 0.15) is 10.6 Å². The van der Waals surface area contributed by atoms with E-state index in [1.165, 1.54) is 0 Å². The Morgan fingerprint density at radius 2 is 2.12 bits per heavy atom. The van der Waals surface area contributed by atoms with Crippen molar-refractivity contribution in [2.75, 3.05) is 0 Å². The van der Waals surface area contributed by atoms with Crippen LogP contribution in [0.25, 0.3) is 5.65 Å². The molecular formula is C17H21N5OS. The fraction of sp³-hybridized carbons (Fsp3) is 0.412. The smallest absolute Gasteiger partial charge is 0.257 e. The number of thiazole rings is 1. The van der Waals surface area contributed by atoms with Crippen LogP contribution in [0, 0.1) is 6.92 Å². The molecule has 0 fully saturated rings. The molecule has 3 aromatic rings. The van der Waals surface area contributed by atoms with Crippen LogP contribution in [0.2, 0.25) is 0 Å². The monoisotopic (exact) mass is 343 g/mol. The van der Waals surface area contributed by atoms with Crippen LogP contribution in [0.1, 0.15) is 60.5 Å². The normalized spacial score (nSPS) is 13.2. The summed E-state index contributed by atoms with van der Waals surface area (Å²) in [6, 6.07) is 1.62. The van der Waals surface area contributed by atoms with Crippen molar-refractivity contribution in [3.8, 4) is 0 Å². The minimum Gasteiger partial charge on any atom is -0.343 e. The van der Waals surface area contributed by atoms with Crippen LogP contribution in [0.3, 0.4) is 0 Å². The molecule has 0 saturated carbocycles. The van der Waals surface area contributed by atoms with Crippen LogP contribution in [0.4, 0.5) is 0 Å². The van der Waals surface area contributed by atoms with E-state index in [1.54, 1.807) is 34.3 Å². The van der Waals surface area contributed by atoms with E-state index in [0.29, 0.717) is 16.9 Å². The highest BCUT2D eigenvalue weighted by atomic mass is 32.1. The molecule has 0 aromatic carbocycles. The average molecular weight is 343 g/mol. The van der Waals surface area contributed by atoms with Gasteiger partial charge in [-0.1, -0.05) is 20.8 Å². The van der Waals surface area contributed by atoms with Gasteiger partial charge >= 0.3 is 0 Å². The van der Waals surface area contributed by atoms with Crippen molar-refractivity contribution in [3.05, 3.63) is 45.8 Å². The maximum Gasteiger partial charge on any atom is 0.257 e. The lowest BCUT2D eigenvalue weighted by Crippen LogP contribution is -2.27. The topological polar surface area (TPSA) is 72.2 Å². The molecular weight excluding hydrogens is 322 g/mol. The third kappa shape index (κ3) is 3.03. The van der Waals surface area contributed by atoms with Gasteiger partial charge in [-0.15, -0.1) is 11.3 Å². The van der Waals surface area contributed by atoms with E-state index in [2.05, 4.69) is 46.5 Å². The Bertz CT molecular complexity index is 890. The Labute approximate surface area is 145 Å². The molecule has 7 heteroatoms. The molecule has 0 aliphatic carbocycles. The van der Waals surface area contributed by atoms with Crippen molar-refractivity contribution < 1.29 is 4.79 Å². The summed E-state index contributed by atoms with van der Waals surface area (Å²) in [5, 5.41) is 10.3. The van der Waals surface area contributed by atoms with Gasteiger partial charge in [0.2, 0.25) is 0 Å². The largest absolute Gasteiger partial charge is 0.343 e. The summed E-state index contributed by atoms with van der Waals surface area (Å²) in [6.07, 6.45) is 3.44. The summed E-state index contributed by atoms with van der Waals surface area (Å²) < 4.78 is 1.62. The fourth-order valence-corrected chi connectivity index (χ4v) is 3.48. The lowest BCUT2D eigenvalue weighted by molar-refractivity contribution is 0.0940. The fourth-order valence-electron chi connectivity index (χ4n) is 2.42. The molecule has 3 aromatic heterocycles. The summed E-state index contributed by atoms with van der Waals surface area (Å²) in [4.78, 5) is 21.6. The van der Waals surface area contributed by atoms with E-state index in [0.717, 1.165) is 10.7 Å². The van der Waals surface area contributed by atoms with Gasteiger partial charge in [0.25, 0.3) is 5.91 Å². The average Bonchev–Trinajstić information content (AvgIpc) is 3.10. The summed E-state index contributed by atoms with van der Waals surface area (Å²) in [6.45, 7) is 10.1. The standard InChI is InChI=1S/C17H21N5OS/c1-10-13(14-18-7-6-8-22(14)21-10)15(23)19-11(2)16-20-12(9-24-16)17(3,4)5/h6-9,11H,1-5H3,(H,19,23)/t11-/m1/s1. The van der Waals surface area contributed by atoms with Crippen molar-refractivity contribution in [1.82, 2.24) is 24.9 Å². The van der Waals surface area contributed by atoms with Gasteiger partial charge in [-0.25, -0.2) is 14.5 Å². The maximum absolute atomic E-state index is 12.7. The molecule has 24 heavy (non-hydrogen) atoms. The third-order valence-corrected chi connectivity index (χ3v) is 4.83. The Hall–Kier alpha value is -2.28. The molecule has 0 bridgehead atoms. The molecule has 3 rings (SSSR count). The molecule has 6 nitrogen and oxygen atoms in total.